The van der Waals surface area contributed by atoms with Crippen molar-refractivity contribution in [1.82, 2.24) is 4.90 Å². The molecule has 0 saturated heterocycles. The van der Waals surface area contributed by atoms with Crippen molar-refractivity contribution in [2.24, 2.45) is 17.6 Å². The zero-order valence-electron chi connectivity index (χ0n) is 11.6. The highest BCUT2D eigenvalue weighted by atomic mass is 15.1. The molecule has 16 heavy (non-hydrogen) atoms. The molecule has 1 rings (SSSR count). The van der Waals surface area contributed by atoms with Crippen LogP contribution in [0.5, 0.6) is 0 Å². The fraction of sp³-hybridized carbons (Fsp3) is 1.00. The summed E-state index contributed by atoms with van der Waals surface area (Å²) in [5.74, 6) is 1.62. The molecule has 1 fully saturated rings. The van der Waals surface area contributed by atoms with Crippen LogP contribution in [0.4, 0.5) is 0 Å². The van der Waals surface area contributed by atoms with Gasteiger partial charge in [-0.25, -0.2) is 0 Å². The Bertz CT molecular complexity index is 191. The third kappa shape index (κ3) is 4.84. The molecule has 1 aliphatic rings. The zero-order chi connectivity index (χ0) is 12.1. The molecule has 2 heteroatoms. The van der Waals surface area contributed by atoms with Crippen molar-refractivity contribution >= 4 is 0 Å². The molecule has 0 amide bonds. The lowest BCUT2D eigenvalue weighted by Crippen LogP contribution is -2.43. The average molecular weight is 226 g/mol. The Kier molecular flexibility index (Phi) is 5.77. The van der Waals surface area contributed by atoms with Crippen molar-refractivity contribution in [3.63, 3.8) is 0 Å². The summed E-state index contributed by atoms with van der Waals surface area (Å²) >= 11 is 0. The molecule has 0 aliphatic heterocycles. The summed E-state index contributed by atoms with van der Waals surface area (Å²) in [7, 11) is 2.25. The summed E-state index contributed by atoms with van der Waals surface area (Å²) in [6.45, 7) is 7.95. The van der Waals surface area contributed by atoms with E-state index in [9.17, 15) is 0 Å². The number of likely N-dealkylation sites (N-methyl/N-ethyl adjacent to an activating group) is 1. The van der Waals surface area contributed by atoms with Gasteiger partial charge in [0.25, 0.3) is 0 Å². The SMILES string of the molecule is CC(C)CC(N)CN(C)C1CCCC(C)C1. The molecule has 0 heterocycles. The van der Waals surface area contributed by atoms with E-state index in [0.29, 0.717) is 12.0 Å². The normalized spacial score (nSPS) is 28.7. The first kappa shape index (κ1) is 14.0. The lowest BCUT2D eigenvalue weighted by atomic mass is 9.86. The van der Waals surface area contributed by atoms with Gasteiger partial charge in [0.2, 0.25) is 0 Å². The molecule has 0 bridgehead atoms. The predicted molar refractivity (Wildman–Crippen MR) is 71.5 cm³/mol. The van der Waals surface area contributed by atoms with Gasteiger partial charge in [-0.05, 0) is 38.1 Å². The Morgan fingerprint density at radius 1 is 1.31 bits per heavy atom. The summed E-state index contributed by atoms with van der Waals surface area (Å²) in [5, 5.41) is 0. The minimum atomic E-state index is 0.349. The van der Waals surface area contributed by atoms with E-state index in [-0.39, 0.29) is 0 Å². The van der Waals surface area contributed by atoms with Crippen molar-refractivity contribution in [3.05, 3.63) is 0 Å². The molecule has 96 valence electrons. The summed E-state index contributed by atoms with van der Waals surface area (Å²) in [6, 6.07) is 1.13. The molecule has 1 saturated carbocycles. The molecule has 2 nitrogen and oxygen atoms in total. The number of nitrogens with zero attached hydrogens (tertiary/aromatic N) is 1. The monoisotopic (exact) mass is 226 g/mol. The average Bonchev–Trinajstić information content (AvgIpc) is 2.16. The molecule has 0 radical (unpaired) electrons. The molecule has 1 aliphatic carbocycles. The van der Waals surface area contributed by atoms with Gasteiger partial charge in [-0.15, -0.1) is 0 Å². The second-order valence-electron chi connectivity index (χ2n) is 6.25. The van der Waals surface area contributed by atoms with Crippen LogP contribution in [0.15, 0.2) is 0 Å². The van der Waals surface area contributed by atoms with Gasteiger partial charge in [-0.3, -0.25) is 0 Å². The van der Waals surface area contributed by atoms with E-state index in [1.54, 1.807) is 0 Å². The fourth-order valence-corrected chi connectivity index (χ4v) is 3.00. The van der Waals surface area contributed by atoms with Crippen molar-refractivity contribution < 1.29 is 0 Å². The Morgan fingerprint density at radius 3 is 2.56 bits per heavy atom. The van der Waals surface area contributed by atoms with Gasteiger partial charge in [0.1, 0.15) is 0 Å². The van der Waals surface area contributed by atoms with E-state index < -0.39 is 0 Å². The Morgan fingerprint density at radius 2 is 2.00 bits per heavy atom. The van der Waals surface area contributed by atoms with Gasteiger partial charge in [0.05, 0.1) is 0 Å². The lowest BCUT2D eigenvalue weighted by molar-refractivity contribution is 0.153. The van der Waals surface area contributed by atoms with Crippen LogP contribution in [0.25, 0.3) is 0 Å². The van der Waals surface area contributed by atoms with Crippen LogP contribution in [-0.2, 0) is 0 Å². The summed E-state index contributed by atoms with van der Waals surface area (Å²) in [5.41, 5.74) is 6.18. The maximum atomic E-state index is 6.18. The topological polar surface area (TPSA) is 29.3 Å². The second-order valence-corrected chi connectivity index (χ2v) is 6.25. The van der Waals surface area contributed by atoms with Crippen LogP contribution in [0, 0.1) is 11.8 Å². The van der Waals surface area contributed by atoms with Crippen LogP contribution in [-0.4, -0.2) is 30.6 Å². The van der Waals surface area contributed by atoms with Crippen molar-refractivity contribution in [1.29, 1.82) is 0 Å². The fourth-order valence-electron chi connectivity index (χ4n) is 3.00. The first-order chi connectivity index (χ1) is 7.49. The van der Waals surface area contributed by atoms with Gasteiger partial charge in [-0.1, -0.05) is 33.6 Å². The van der Waals surface area contributed by atoms with Crippen LogP contribution < -0.4 is 5.73 Å². The molecular formula is C14H30N2. The van der Waals surface area contributed by atoms with Crippen LogP contribution in [0.2, 0.25) is 0 Å². The Labute approximate surface area is 102 Å². The molecule has 2 N–H and O–H groups in total. The van der Waals surface area contributed by atoms with Crippen LogP contribution in [0.3, 0.4) is 0 Å². The van der Waals surface area contributed by atoms with E-state index in [1.807, 2.05) is 0 Å². The van der Waals surface area contributed by atoms with E-state index in [4.69, 9.17) is 5.73 Å². The van der Waals surface area contributed by atoms with E-state index in [2.05, 4.69) is 32.7 Å². The van der Waals surface area contributed by atoms with Gasteiger partial charge < -0.3 is 10.6 Å². The van der Waals surface area contributed by atoms with E-state index >= 15 is 0 Å². The molecule has 0 spiro atoms. The lowest BCUT2D eigenvalue weighted by Gasteiger charge is -2.35. The third-order valence-corrected chi connectivity index (χ3v) is 3.83. The maximum absolute atomic E-state index is 6.18. The highest BCUT2D eigenvalue weighted by molar-refractivity contribution is 4.79. The molecular weight excluding hydrogens is 196 g/mol. The minimum absolute atomic E-state index is 0.349. The molecule has 0 aromatic heterocycles. The predicted octanol–water partition coefficient (Wildman–Crippen LogP) is 2.87. The second kappa shape index (κ2) is 6.61. The Balaban J connectivity index is 2.30. The van der Waals surface area contributed by atoms with Gasteiger partial charge in [0.15, 0.2) is 0 Å². The summed E-state index contributed by atoms with van der Waals surface area (Å²) < 4.78 is 0. The molecule has 0 aromatic rings. The van der Waals surface area contributed by atoms with Crippen LogP contribution >= 0.6 is 0 Å². The van der Waals surface area contributed by atoms with Crippen LogP contribution in [0.1, 0.15) is 52.9 Å². The highest BCUT2D eigenvalue weighted by Crippen LogP contribution is 2.26. The Hall–Kier alpha value is -0.0800. The number of nitrogens with two attached hydrogens (primary N) is 1. The zero-order valence-corrected chi connectivity index (χ0v) is 11.6. The maximum Gasteiger partial charge on any atom is 0.0170 e. The van der Waals surface area contributed by atoms with E-state index in [0.717, 1.165) is 24.9 Å². The van der Waals surface area contributed by atoms with Gasteiger partial charge in [-0.2, -0.15) is 0 Å². The van der Waals surface area contributed by atoms with Gasteiger partial charge >= 0.3 is 0 Å². The first-order valence-electron chi connectivity index (χ1n) is 6.94. The standard InChI is InChI=1S/C14H30N2/c1-11(2)8-13(15)10-16(4)14-7-5-6-12(3)9-14/h11-14H,5-10,15H2,1-4H3. The molecule has 3 unspecified atom stereocenters. The number of rotatable bonds is 5. The van der Waals surface area contributed by atoms with Gasteiger partial charge in [0, 0.05) is 18.6 Å². The smallest absolute Gasteiger partial charge is 0.0170 e. The molecule has 3 atom stereocenters. The highest BCUT2D eigenvalue weighted by Gasteiger charge is 2.23. The molecule has 0 aromatic carbocycles. The minimum Gasteiger partial charge on any atom is -0.327 e. The largest absolute Gasteiger partial charge is 0.327 e. The number of hydrogen-bond donors (Lipinski definition) is 1. The van der Waals surface area contributed by atoms with Crippen molar-refractivity contribution in [3.8, 4) is 0 Å². The summed E-state index contributed by atoms with van der Waals surface area (Å²) in [4.78, 5) is 2.50. The van der Waals surface area contributed by atoms with E-state index in [1.165, 1.54) is 25.7 Å². The quantitative estimate of drug-likeness (QED) is 0.781. The van der Waals surface area contributed by atoms with Crippen molar-refractivity contribution in [2.45, 2.75) is 65.0 Å². The summed E-state index contributed by atoms with van der Waals surface area (Å²) in [6.07, 6.45) is 6.70. The van der Waals surface area contributed by atoms with Crippen molar-refractivity contribution in [2.75, 3.05) is 13.6 Å². The number of hydrogen-bond acceptors (Lipinski definition) is 2. The first-order valence-corrected chi connectivity index (χ1v) is 6.94. The third-order valence-electron chi connectivity index (χ3n) is 3.83.